The van der Waals surface area contributed by atoms with Crippen molar-refractivity contribution in [1.29, 1.82) is 0 Å². The van der Waals surface area contributed by atoms with Crippen molar-refractivity contribution >= 4 is 16.7 Å². The van der Waals surface area contributed by atoms with Crippen molar-refractivity contribution in [2.24, 2.45) is 5.84 Å². The molecule has 0 saturated heterocycles. The molecule has 2 rings (SSSR count). The number of nitrogens with two attached hydrogens (primary N) is 1. The number of nitrogens with one attached hydrogen (secondary N) is 1. The van der Waals surface area contributed by atoms with Gasteiger partial charge in [0.15, 0.2) is 0 Å². The Hall–Kier alpha value is -1.91. The molecular weight excluding hydrogens is 228 g/mol. The number of carbonyl (C=O) groups excluding carboxylic acids is 1. The second-order valence-electron chi connectivity index (χ2n) is 4.13. The van der Waals surface area contributed by atoms with Gasteiger partial charge in [-0.05, 0) is 22.8 Å². The lowest BCUT2D eigenvalue weighted by Crippen LogP contribution is -2.43. The molecule has 0 amide bonds. The molecule has 0 heterocycles. The molecule has 0 bridgehead atoms. The third kappa shape index (κ3) is 2.67. The van der Waals surface area contributed by atoms with Crippen LogP contribution in [-0.2, 0) is 16.0 Å². The zero-order valence-electron chi connectivity index (χ0n) is 10.2. The summed E-state index contributed by atoms with van der Waals surface area (Å²) in [7, 11) is 1.35. The van der Waals surface area contributed by atoms with Gasteiger partial charge >= 0.3 is 5.97 Å². The van der Waals surface area contributed by atoms with Gasteiger partial charge in [-0.1, -0.05) is 42.5 Å². The molecule has 0 radical (unpaired) electrons. The van der Waals surface area contributed by atoms with E-state index >= 15 is 0 Å². The second-order valence-corrected chi connectivity index (χ2v) is 4.13. The highest BCUT2D eigenvalue weighted by molar-refractivity contribution is 5.83. The summed E-state index contributed by atoms with van der Waals surface area (Å²) >= 11 is 0. The van der Waals surface area contributed by atoms with E-state index in [1.807, 2.05) is 30.3 Å². The molecule has 2 aromatic carbocycles. The van der Waals surface area contributed by atoms with Gasteiger partial charge in [0.05, 0.1) is 7.11 Å². The number of hydrazine groups is 1. The lowest BCUT2D eigenvalue weighted by Gasteiger charge is -2.13. The smallest absolute Gasteiger partial charge is 0.324 e. The van der Waals surface area contributed by atoms with E-state index in [9.17, 15) is 4.79 Å². The summed E-state index contributed by atoms with van der Waals surface area (Å²) in [6, 6.07) is 13.7. The highest BCUT2D eigenvalue weighted by atomic mass is 16.5. The molecule has 2 aromatic rings. The van der Waals surface area contributed by atoms with Crippen molar-refractivity contribution in [1.82, 2.24) is 5.43 Å². The zero-order valence-corrected chi connectivity index (χ0v) is 10.2. The summed E-state index contributed by atoms with van der Waals surface area (Å²) in [6.45, 7) is 0. The van der Waals surface area contributed by atoms with Crippen LogP contribution in [-0.4, -0.2) is 19.1 Å². The third-order valence-corrected chi connectivity index (χ3v) is 2.94. The quantitative estimate of drug-likeness (QED) is 0.484. The first-order valence-electron chi connectivity index (χ1n) is 5.76. The largest absolute Gasteiger partial charge is 0.468 e. The molecule has 0 aliphatic rings. The van der Waals surface area contributed by atoms with Crippen molar-refractivity contribution in [3.8, 4) is 0 Å². The van der Waals surface area contributed by atoms with E-state index in [0.29, 0.717) is 6.42 Å². The van der Waals surface area contributed by atoms with E-state index in [1.165, 1.54) is 12.5 Å². The number of esters is 1. The predicted molar refractivity (Wildman–Crippen MR) is 70.8 cm³/mol. The molecule has 18 heavy (non-hydrogen) atoms. The van der Waals surface area contributed by atoms with Gasteiger partial charge in [-0.3, -0.25) is 10.6 Å². The molecule has 0 fully saturated rings. The van der Waals surface area contributed by atoms with Gasteiger partial charge in [0.2, 0.25) is 0 Å². The first kappa shape index (κ1) is 12.5. The molecule has 3 N–H and O–H groups in total. The van der Waals surface area contributed by atoms with Crippen molar-refractivity contribution in [2.75, 3.05) is 7.11 Å². The van der Waals surface area contributed by atoms with Crippen LogP contribution in [0.5, 0.6) is 0 Å². The molecule has 0 aromatic heterocycles. The maximum absolute atomic E-state index is 11.4. The standard InChI is InChI=1S/C14H16N2O2/c1-18-14(17)13(16-15)9-10-6-7-11-4-2-3-5-12(11)8-10/h2-8,13,16H,9,15H2,1H3/t13-/m0/s1. The minimum atomic E-state index is -0.517. The van der Waals surface area contributed by atoms with Crippen LogP contribution in [0.4, 0.5) is 0 Å². The monoisotopic (exact) mass is 244 g/mol. The van der Waals surface area contributed by atoms with E-state index < -0.39 is 6.04 Å². The summed E-state index contributed by atoms with van der Waals surface area (Å²) in [5.41, 5.74) is 3.52. The zero-order chi connectivity index (χ0) is 13.0. The van der Waals surface area contributed by atoms with Gasteiger partial charge in [0, 0.05) is 0 Å². The predicted octanol–water partition coefficient (Wildman–Crippen LogP) is 1.39. The summed E-state index contributed by atoms with van der Waals surface area (Å²) in [4.78, 5) is 11.4. The maximum atomic E-state index is 11.4. The SMILES string of the molecule is COC(=O)[C@H](Cc1ccc2ccccc2c1)NN. The first-order chi connectivity index (χ1) is 8.74. The van der Waals surface area contributed by atoms with Gasteiger partial charge in [-0.15, -0.1) is 0 Å². The van der Waals surface area contributed by atoms with Crippen LogP contribution in [0.15, 0.2) is 42.5 Å². The van der Waals surface area contributed by atoms with Crippen LogP contribution in [0.3, 0.4) is 0 Å². The second kappa shape index (κ2) is 5.62. The average molecular weight is 244 g/mol. The molecule has 1 atom stereocenters. The Morgan fingerprint density at radius 2 is 2.00 bits per heavy atom. The van der Waals surface area contributed by atoms with Crippen LogP contribution in [0.1, 0.15) is 5.56 Å². The van der Waals surface area contributed by atoms with Crippen molar-refractivity contribution in [3.05, 3.63) is 48.0 Å². The molecule has 0 saturated carbocycles. The fourth-order valence-corrected chi connectivity index (χ4v) is 1.95. The van der Waals surface area contributed by atoms with Gasteiger partial charge < -0.3 is 4.74 Å². The van der Waals surface area contributed by atoms with E-state index in [2.05, 4.69) is 22.3 Å². The highest BCUT2D eigenvalue weighted by Gasteiger charge is 2.17. The van der Waals surface area contributed by atoms with Gasteiger partial charge in [-0.2, -0.15) is 0 Å². The minimum Gasteiger partial charge on any atom is -0.468 e. The highest BCUT2D eigenvalue weighted by Crippen LogP contribution is 2.16. The maximum Gasteiger partial charge on any atom is 0.324 e. The van der Waals surface area contributed by atoms with Crippen LogP contribution in [0.25, 0.3) is 10.8 Å². The van der Waals surface area contributed by atoms with E-state index in [-0.39, 0.29) is 5.97 Å². The number of ether oxygens (including phenoxy) is 1. The minimum absolute atomic E-state index is 0.356. The summed E-state index contributed by atoms with van der Waals surface area (Å²) in [5.74, 6) is 5.00. The van der Waals surface area contributed by atoms with Crippen molar-refractivity contribution in [3.63, 3.8) is 0 Å². The topological polar surface area (TPSA) is 64.3 Å². The molecule has 4 nitrogen and oxygen atoms in total. The Balaban J connectivity index is 2.23. The lowest BCUT2D eigenvalue weighted by atomic mass is 10.0. The fraction of sp³-hybridized carbons (Fsp3) is 0.214. The lowest BCUT2D eigenvalue weighted by molar-refractivity contribution is -0.143. The number of hydrogen-bond donors (Lipinski definition) is 2. The number of fused-ring (bicyclic) bond motifs is 1. The average Bonchev–Trinajstić information content (AvgIpc) is 2.43. The van der Waals surface area contributed by atoms with Crippen LogP contribution < -0.4 is 11.3 Å². The Morgan fingerprint density at radius 3 is 2.67 bits per heavy atom. The Kier molecular flexibility index (Phi) is 3.92. The summed E-state index contributed by atoms with van der Waals surface area (Å²) in [5, 5.41) is 2.33. The fourth-order valence-electron chi connectivity index (χ4n) is 1.95. The van der Waals surface area contributed by atoms with E-state index in [1.54, 1.807) is 0 Å². The van der Waals surface area contributed by atoms with Gasteiger partial charge in [0.1, 0.15) is 6.04 Å². The van der Waals surface area contributed by atoms with Crippen LogP contribution in [0.2, 0.25) is 0 Å². The Bertz CT molecular complexity index is 554. The normalized spacial score (nSPS) is 12.3. The third-order valence-electron chi connectivity index (χ3n) is 2.94. The number of carbonyl (C=O) groups is 1. The summed E-state index contributed by atoms with van der Waals surface area (Å²) < 4.78 is 4.68. The Morgan fingerprint density at radius 1 is 1.28 bits per heavy atom. The molecular formula is C14H16N2O2. The Labute approximate surface area is 106 Å². The van der Waals surface area contributed by atoms with E-state index in [0.717, 1.165) is 10.9 Å². The molecule has 0 unspecified atom stereocenters. The van der Waals surface area contributed by atoms with E-state index in [4.69, 9.17) is 5.84 Å². The molecule has 0 spiro atoms. The van der Waals surface area contributed by atoms with Crippen LogP contribution >= 0.6 is 0 Å². The molecule has 94 valence electrons. The molecule has 0 aliphatic carbocycles. The van der Waals surface area contributed by atoms with Gasteiger partial charge in [-0.25, -0.2) is 5.43 Å². The first-order valence-corrected chi connectivity index (χ1v) is 5.76. The summed E-state index contributed by atoms with van der Waals surface area (Å²) in [6.07, 6.45) is 0.508. The number of hydrogen-bond acceptors (Lipinski definition) is 4. The van der Waals surface area contributed by atoms with Crippen molar-refractivity contribution < 1.29 is 9.53 Å². The van der Waals surface area contributed by atoms with Gasteiger partial charge in [0.25, 0.3) is 0 Å². The molecule has 0 aliphatic heterocycles. The van der Waals surface area contributed by atoms with Crippen LogP contribution in [0, 0.1) is 0 Å². The number of rotatable bonds is 4. The van der Waals surface area contributed by atoms with Crippen molar-refractivity contribution in [2.45, 2.75) is 12.5 Å². The number of methoxy groups -OCH3 is 1. The molecule has 4 heteroatoms. The number of benzene rings is 2.